The maximum Gasteiger partial charge on any atom is 0.0736 e. The van der Waals surface area contributed by atoms with Gasteiger partial charge in [0.1, 0.15) is 0 Å². The smallest absolute Gasteiger partial charge is 0.0736 e. The summed E-state index contributed by atoms with van der Waals surface area (Å²) in [5, 5.41) is 10.1. The molecule has 0 atom stereocenters. The van der Waals surface area contributed by atoms with Crippen molar-refractivity contribution >= 4 is 104 Å². The van der Waals surface area contributed by atoms with Crippen LogP contribution in [-0.4, -0.2) is 4.57 Å². The molecule has 0 amide bonds. The van der Waals surface area contributed by atoms with Gasteiger partial charge in [0.15, 0.2) is 0 Å². The number of hydrogen-bond acceptors (Lipinski definition) is 3. The number of para-hydroxylation sites is 1. The number of aromatic nitrogens is 1. The van der Waals surface area contributed by atoms with E-state index >= 15 is 0 Å². The lowest BCUT2D eigenvalue weighted by Gasteiger charge is -2.46. The highest BCUT2D eigenvalue weighted by atomic mass is 32.2. The summed E-state index contributed by atoms with van der Waals surface area (Å²) in [5.74, 6) is 0. The second kappa shape index (κ2) is 14.1. The van der Waals surface area contributed by atoms with Crippen molar-refractivity contribution in [2.45, 2.75) is 15.2 Å². The maximum atomic E-state index is 2.55. The van der Waals surface area contributed by atoms with Gasteiger partial charge in [-0.3, -0.25) is 0 Å². The third kappa shape index (κ3) is 5.12. The van der Waals surface area contributed by atoms with Crippen LogP contribution in [0.5, 0.6) is 0 Å². The summed E-state index contributed by atoms with van der Waals surface area (Å²) in [7, 11) is 0. The summed E-state index contributed by atoms with van der Waals surface area (Å²) in [6, 6.07) is 86.6. The number of rotatable bonds is 4. The van der Waals surface area contributed by atoms with E-state index in [2.05, 4.69) is 240 Å². The van der Waals surface area contributed by atoms with Crippen LogP contribution in [0.1, 0.15) is 22.3 Å². The van der Waals surface area contributed by atoms with Crippen molar-refractivity contribution < 1.29 is 0 Å². The fourth-order valence-electron chi connectivity index (χ4n) is 11.9. The molecule has 1 aliphatic heterocycles. The van der Waals surface area contributed by atoms with Crippen LogP contribution < -0.4 is 4.90 Å². The summed E-state index contributed by atoms with van der Waals surface area (Å²) in [6.07, 6.45) is 0. The summed E-state index contributed by atoms with van der Waals surface area (Å²) in [5.41, 5.74) is 14.3. The second-order valence-electron chi connectivity index (χ2n) is 17.9. The number of benzene rings is 11. The second-order valence-corrected chi connectivity index (χ2v) is 20.1. The van der Waals surface area contributed by atoms with E-state index in [0.29, 0.717) is 0 Å². The number of fused-ring (bicyclic) bond motifs is 15. The first-order chi connectivity index (χ1) is 33.2. The monoisotopic (exact) mass is 886 g/mol. The average Bonchev–Trinajstić information content (AvgIpc) is 3.93. The van der Waals surface area contributed by atoms with Gasteiger partial charge >= 0.3 is 0 Å². The van der Waals surface area contributed by atoms with Gasteiger partial charge in [-0.05, 0) is 122 Å². The minimum Gasteiger partial charge on any atom is -0.310 e. The molecule has 0 N–H and O–H groups in total. The first-order valence-corrected chi connectivity index (χ1v) is 24.6. The van der Waals surface area contributed by atoms with Crippen LogP contribution in [-0.2, 0) is 5.41 Å². The van der Waals surface area contributed by atoms with E-state index in [9.17, 15) is 0 Å². The summed E-state index contributed by atoms with van der Waals surface area (Å²) in [6.45, 7) is 0. The fraction of sp³-hybridized carbons (Fsp3) is 0.0159. The van der Waals surface area contributed by atoms with Gasteiger partial charge in [0.25, 0.3) is 0 Å². The fourth-order valence-corrected chi connectivity index (χ4v) is 14.3. The molecule has 0 radical (unpaired) electrons. The van der Waals surface area contributed by atoms with Crippen LogP contribution >= 0.6 is 23.1 Å². The first kappa shape index (κ1) is 37.3. The van der Waals surface area contributed by atoms with E-state index in [-0.39, 0.29) is 0 Å². The lowest BCUT2D eigenvalue weighted by Crippen LogP contribution is -2.36. The molecule has 3 heterocycles. The molecule has 0 saturated carbocycles. The molecule has 0 saturated heterocycles. The van der Waals surface area contributed by atoms with Gasteiger partial charge in [0, 0.05) is 57.5 Å². The number of thiophene rings is 1. The Kier molecular flexibility index (Phi) is 7.84. The highest BCUT2D eigenvalue weighted by Gasteiger charge is 2.48. The minimum absolute atomic E-state index is 0.569. The molecule has 11 aromatic carbocycles. The standard InChI is InChI=1S/C63H38N2S2/c1-2-19-43-39(15-1)16-13-27-53(43)65-54-26-7-3-20-45(54)48-37-41(34-36-55(48)65)64(56-28-14-32-60-62(56)47-21-4-8-29-57(47)66-60)42-33-35-44-46-22-11-17-40-18-12-25-51(61(40)46)63(52(44)38-42)49-23-5-9-30-58(49)67-59-31-10-6-24-50(59)63/h1-38H. The Morgan fingerprint density at radius 3 is 1.85 bits per heavy atom. The van der Waals surface area contributed by atoms with Gasteiger partial charge in [0.2, 0.25) is 0 Å². The molecule has 1 aliphatic carbocycles. The summed E-state index contributed by atoms with van der Waals surface area (Å²) < 4.78 is 5.03. The van der Waals surface area contributed by atoms with Crippen LogP contribution in [0.15, 0.2) is 240 Å². The number of hydrogen-bond donors (Lipinski definition) is 0. The Morgan fingerprint density at radius 2 is 0.985 bits per heavy atom. The molecule has 2 nitrogen and oxygen atoms in total. The van der Waals surface area contributed by atoms with E-state index < -0.39 is 5.41 Å². The van der Waals surface area contributed by atoms with Crippen LogP contribution in [0.4, 0.5) is 17.1 Å². The topological polar surface area (TPSA) is 8.17 Å². The molecule has 4 heteroatoms. The molecule has 13 aromatic rings. The van der Waals surface area contributed by atoms with Crippen molar-refractivity contribution in [1.29, 1.82) is 0 Å². The Labute approximate surface area is 395 Å². The van der Waals surface area contributed by atoms with E-state index in [1.807, 2.05) is 23.1 Å². The molecule has 1 spiro atoms. The van der Waals surface area contributed by atoms with Crippen molar-refractivity contribution in [1.82, 2.24) is 4.57 Å². The maximum absolute atomic E-state index is 2.55. The molecule has 67 heavy (non-hydrogen) atoms. The molecule has 2 aromatic heterocycles. The normalized spacial score (nSPS) is 13.4. The third-order valence-electron chi connectivity index (χ3n) is 14.6. The Hall–Kier alpha value is -7.89. The lowest BCUT2D eigenvalue weighted by molar-refractivity contribution is 0.707. The van der Waals surface area contributed by atoms with Crippen LogP contribution in [0, 0.1) is 0 Å². The number of nitrogens with zero attached hydrogens (tertiary/aromatic N) is 2. The van der Waals surface area contributed by atoms with Gasteiger partial charge < -0.3 is 9.47 Å². The highest BCUT2D eigenvalue weighted by Crippen LogP contribution is 2.62. The molecule has 0 unspecified atom stereocenters. The zero-order valence-corrected chi connectivity index (χ0v) is 37.8. The molecule has 2 aliphatic rings. The molecule has 0 fully saturated rings. The van der Waals surface area contributed by atoms with Gasteiger partial charge in [-0.15, -0.1) is 11.3 Å². The van der Waals surface area contributed by atoms with Crippen molar-refractivity contribution in [3.63, 3.8) is 0 Å². The highest BCUT2D eigenvalue weighted by molar-refractivity contribution is 7.99. The first-order valence-electron chi connectivity index (χ1n) is 23.0. The number of anilines is 3. The van der Waals surface area contributed by atoms with E-state index in [1.165, 1.54) is 118 Å². The Morgan fingerprint density at radius 1 is 0.373 bits per heavy atom. The lowest BCUT2D eigenvalue weighted by atomic mass is 9.59. The van der Waals surface area contributed by atoms with Gasteiger partial charge in [-0.1, -0.05) is 169 Å². The van der Waals surface area contributed by atoms with Crippen LogP contribution in [0.3, 0.4) is 0 Å². The van der Waals surface area contributed by atoms with Crippen molar-refractivity contribution in [3.05, 3.63) is 253 Å². The van der Waals surface area contributed by atoms with E-state index in [4.69, 9.17) is 0 Å². The van der Waals surface area contributed by atoms with E-state index in [1.54, 1.807) is 0 Å². The van der Waals surface area contributed by atoms with Gasteiger partial charge in [-0.2, -0.15) is 0 Å². The molecule has 15 rings (SSSR count). The average molecular weight is 887 g/mol. The third-order valence-corrected chi connectivity index (χ3v) is 16.9. The van der Waals surface area contributed by atoms with Crippen molar-refractivity contribution in [2.75, 3.05) is 4.90 Å². The van der Waals surface area contributed by atoms with Gasteiger partial charge in [0.05, 0.1) is 27.8 Å². The van der Waals surface area contributed by atoms with E-state index in [0.717, 1.165) is 11.4 Å². The van der Waals surface area contributed by atoms with Gasteiger partial charge in [-0.25, -0.2) is 0 Å². The quantitative estimate of drug-likeness (QED) is 0.174. The summed E-state index contributed by atoms with van der Waals surface area (Å²) >= 11 is 3.77. The summed E-state index contributed by atoms with van der Waals surface area (Å²) in [4.78, 5) is 5.15. The minimum atomic E-state index is -0.569. The zero-order chi connectivity index (χ0) is 43.8. The molecular weight excluding hydrogens is 849 g/mol. The van der Waals surface area contributed by atoms with Crippen molar-refractivity contribution in [2.24, 2.45) is 0 Å². The van der Waals surface area contributed by atoms with Crippen LogP contribution in [0.25, 0.3) is 80.3 Å². The SMILES string of the molecule is c1ccc2c(c1)Sc1ccccc1C21c2cc(N(c3ccc4c(c3)c3ccccc3n4-c3cccc4ccccc34)c3cccc4sc5ccccc5c34)ccc2-c2cccc3cccc1c23. The Balaban J connectivity index is 1.06. The molecule has 312 valence electrons. The Bertz CT molecular complexity index is 4170. The predicted octanol–water partition coefficient (Wildman–Crippen LogP) is 17.8. The molecule has 0 bridgehead atoms. The predicted molar refractivity (Wildman–Crippen MR) is 285 cm³/mol. The largest absolute Gasteiger partial charge is 0.310 e. The molecular formula is C63H38N2S2. The van der Waals surface area contributed by atoms with Crippen LogP contribution in [0.2, 0.25) is 0 Å². The van der Waals surface area contributed by atoms with Crippen molar-refractivity contribution in [3.8, 4) is 16.8 Å². The zero-order valence-electron chi connectivity index (χ0n) is 36.2.